The van der Waals surface area contributed by atoms with Gasteiger partial charge >= 0.3 is 12.1 Å². The molecule has 10 heteroatoms. The second kappa shape index (κ2) is 10.8. The van der Waals surface area contributed by atoms with E-state index in [2.05, 4.69) is 4.90 Å². The van der Waals surface area contributed by atoms with Crippen LogP contribution in [-0.2, 0) is 19.1 Å². The highest BCUT2D eigenvalue weighted by Crippen LogP contribution is 2.38. The standard InChI is InChI=1S/C15H28N2O3.C2HF3O2/c1-19-12-4-9-17-8-3-5-15(17)6-10-16(11-7-15)14(18)13-20-2;3-2(4,5)1(6)7/h3-13H2,1-2H3;(H,6,7). The van der Waals surface area contributed by atoms with Crippen LogP contribution in [0.4, 0.5) is 13.2 Å². The van der Waals surface area contributed by atoms with Crippen LogP contribution in [-0.4, -0.2) is 92.1 Å². The first kappa shape index (κ1) is 23.6. The number of likely N-dealkylation sites (tertiary alicyclic amines) is 2. The van der Waals surface area contributed by atoms with Crippen molar-refractivity contribution in [1.82, 2.24) is 9.80 Å². The van der Waals surface area contributed by atoms with Gasteiger partial charge in [0.25, 0.3) is 0 Å². The van der Waals surface area contributed by atoms with Crippen molar-refractivity contribution in [3.05, 3.63) is 0 Å². The van der Waals surface area contributed by atoms with Crippen molar-refractivity contribution < 1.29 is 37.3 Å². The van der Waals surface area contributed by atoms with Gasteiger partial charge in [-0.15, -0.1) is 0 Å². The summed E-state index contributed by atoms with van der Waals surface area (Å²) in [6, 6.07) is 0. The average Bonchev–Trinajstić information content (AvgIpc) is 2.98. The number of alkyl halides is 3. The van der Waals surface area contributed by atoms with Crippen LogP contribution >= 0.6 is 0 Å². The number of methoxy groups -OCH3 is 2. The maximum Gasteiger partial charge on any atom is 0.490 e. The van der Waals surface area contributed by atoms with Gasteiger partial charge in [0, 0.05) is 46.0 Å². The van der Waals surface area contributed by atoms with E-state index in [9.17, 15) is 18.0 Å². The normalized spacial score (nSPS) is 19.7. The SMILES string of the molecule is COCCCN1CCCC12CCN(C(=O)COC)CC2.O=C(O)C(F)(F)F. The summed E-state index contributed by atoms with van der Waals surface area (Å²) in [4.78, 5) is 25.4. The van der Waals surface area contributed by atoms with E-state index in [1.165, 1.54) is 19.4 Å². The summed E-state index contributed by atoms with van der Waals surface area (Å²) >= 11 is 0. The highest BCUT2D eigenvalue weighted by molar-refractivity contribution is 5.77. The molecule has 1 N–H and O–H groups in total. The number of carboxylic acid groups (broad SMARTS) is 1. The molecule has 0 bridgehead atoms. The molecule has 1 amide bonds. The van der Waals surface area contributed by atoms with E-state index in [0.29, 0.717) is 5.54 Å². The summed E-state index contributed by atoms with van der Waals surface area (Å²) in [6.45, 7) is 5.14. The van der Waals surface area contributed by atoms with Gasteiger partial charge in [0.1, 0.15) is 6.61 Å². The molecule has 2 saturated heterocycles. The fourth-order valence-electron chi connectivity index (χ4n) is 3.70. The zero-order chi connectivity index (χ0) is 20.5. The summed E-state index contributed by atoms with van der Waals surface area (Å²) in [5.41, 5.74) is 0.345. The molecule has 2 fully saturated rings. The van der Waals surface area contributed by atoms with Crippen LogP contribution in [0.2, 0.25) is 0 Å². The lowest BCUT2D eigenvalue weighted by Gasteiger charge is -2.45. The minimum absolute atomic E-state index is 0.131. The second-order valence-corrected chi connectivity index (χ2v) is 6.78. The fraction of sp³-hybridized carbons (Fsp3) is 0.882. The molecule has 0 saturated carbocycles. The number of carbonyl (C=O) groups excluding carboxylic acids is 1. The Bertz CT molecular complexity index is 480. The van der Waals surface area contributed by atoms with Crippen LogP contribution in [0, 0.1) is 0 Å². The molecular formula is C17H29F3N2O5. The van der Waals surface area contributed by atoms with Gasteiger partial charge in [0.05, 0.1) is 0 Å². The van der Waals surface area contributed by atoms with Gasteiger partial charge < -0.3 is 19.5 Å². The van der Waals surface area contributed by atoms with E-state index in [-0.39, 0.29) is 12.5 Å². The van der Waals surface area contributed by atoms with Crippen LogP contribution in [0.5, 0.6) is 0 Å². The molecule has 0 atom stereocenters. The third-order valence-corrected chi connectivity index (χ3v) is 5.07. The number of carboxylic acids is 1. The highest BCUT2D eigenvalue weighted by atomic mass is 19.4. The van der Waals surface area contributed by atoms with E-state index in [0.717, 1.165) is 45.5 Å². The molecule has 0 unspecified atom stereocenters. The smallest absolute Gasteiger partial charge is 0.475 e. The summed E-state index contributed by atoms with van der Waals surface area (Å²) in [5.74, 6) is -2.63. The van der Waals surface area contributed by atoms with Crippen LogP contribution in [0.15, 0.2) is 0 Å². The maximum atomic E-state index is 11.9. The van der Waals surface area contributed by atoms with E-state index in [1.807, 2.05) is 4.90 Å². The Balaban J connectivity index is 0.000000445. The van der Waals surface area contributed by atoms with Crippen molar-refractivity contribution in [2.24, 2.45) is 0 Å². The van der Waals surface area contributed by atoms with Gasteiger partial charge in [-0.1, -0.05) is 0 Å². The van der Waals surface area contributed by atoms with Crippen LogP contribution in [0.25, 0.3) is 0 Å². The Morgan fingerprint density at radius 3 is 2.15 bits per heavy atom. The summed E-state index contributed by atoms with van der Waals surface area (Å²) in [7, 11) is 3.34. The van der Waals surface area contributed by atoms with Gasteiger partial charge in [-0.2, -0.15) is 13.2 Å². The Morgan fingerprint density at radius 2 is 1.67 bits per heavy atom. The average molecular weight is 398 g/mol. The molecule has 7 nitrogen and oxygen atoms in total. The quantitative estimate of drug-likeness (QED) is 0.687. The van der Waals surface area contributed by atoms with Gasteiger partial charge in [-0.05, 0) is 38.6 Å². The van der Waals surface area contributed by atoms with E-state index in [4.69, 9.17) is 19.4 Å². The number of rotatable bonds is 6. The summed E-state index contributed by atoms with van der Waals surface area (Å²) in [5, 5.41) is 7.12. The first-order chi connectivity index (χ1) is 12.7. The number of amides is 1. The maximum absolute atomic E-state index is 11.9. The van der Waals surface area contributed by atoms with E-state index in [1.54, 1.807) is 14.2 Å². The number of hydrogen-bond acceptors (Lipinski definition) is 5. The van der Waals surface area contributed by atoms with Gasteiger partial charge in [-0.3, -0.25) is 9.69 Å². The van der Waals surface area contributed by atoms with Crippen molar-refractivity contribution in [2.45, 2.75) is 43.8 Å². The van der Waals surface area contributed by atoms with E-state index < -0.39 is 12.1 Å². The highest BCUT2D eigenvalue weighted by Gasteiger charge is 2.43. The van der Waals surface area contributed by atoms with Gasteiger partial charge in [-0.25, -0.2) is 4.79 Å². The molecule has 2 aliphatic heterocycles. The number of hydrogen-bond donors (Lipinski definition) is 1. The second-order valence-electron chi connectivity index (χ2n) is 6.78. The molecule has 158 valence electrons. The Kier molecular flexibility index (Phi) is 9.48. The summed E-state index contributed by atoms with van der Waals surface area (Å²) in [6.07, 6.45) is 0.806. The number of halogens is 3. The molecule has 0 radical (unpaired) electrons. The fourth-order valence-corrected chi connectivity index (χ4v) is 3.70. The van der Waals surface area contributed by atoms with Crippen LogP contribution < -0.4 is 0 Å². The summed E-state index contributed by atoms with van der Waals surface area (Å²) < 4.78 is 41.8. The molecule has 0 aliphatic carbocycles. The minimum Gasteiger partial charge on any atom is -0.475 e. The molecule has 27 heavy (non-hydrogen) atoms. The molecule has 0 aromatic heterocycles. The zero-order valence-electron chi connectivity index (χ0n) is 15.9. The molecule has 2 aliphatic rings. The molecular weight excluding hydrogens is 369 g/mol. The first-order valence-electron chi connectivity index (χ1n) is 8.97. The Labute approximate surface area is 157 Å². The third kappa shape index (κ3) is 7.27. The van der Waals surface area contributed by atoms with Crippen molar-refractivity contribution in [1.29, 1.82) is 0 Å². The number of carbonyl (C=O) groups is 2. The Hall–Kier alpha value is -1.39. The van der Waals surface area contributed by atoms with Crippen molar-refractivity contribution in [3.63, 3.8) is 0 Å². The third-order valence-electron chi connectivity index (χ3n) is 5.07. The van der Waals surface area contributed by atoms with Gasteiger partial charge in [0.15, 0.2) is 0 Å². The number of ether oxygens (including phenoxy) is 2. The molecule has 1 spiro atoms. The van der Waals surface area contributed by atoms with Crippen molar-refractivity contribution in [3.8, 4) is 0 Å². The lowest BCUT2D eigenvalue weighted by Crippen LogP contribution is -2.54. The molecule has 2 rings (SSSR count). The molecule has 0 aromatic rings. The van der Waals surface area contributed by atoms with Crippen molar-refractivity contribution >= 4 is 11.9 Å². The predicted molar refractivity (Wildman–Crippen MR) is 91.4 cm³/mol. The van der Waals surface area contributed by atoms with E-state index >= 15 is 0 Å². The lowest BCUT2D eigenvalue weighted by molar-refractivity contribution is -0.192. The largest absolute Gasteiger partial charge is 0.490 e. The van der Waals surface area contributed by atoms with Crippen LogP contribution in [0.1, 0.15) is 32.1 Å². The lowest BCUT2D eigenvalue weighted by atomic mass is 9.85. The first-order valence-corrected chi connectivity index (χ1v) is 8.97. The Morgan fingerprint density at radius 1 is 1.07 bits per heavy atom. The molecule has 2 heterocycles. The number of nitrogens with zero attached hydrogens (tertiary/aromatic N) is 2. The zero-order valence-corrected chi connectivity index (χ0v) is 15.9. The monoisotopic (exact) mass is 398 g/mol. The number of piperidine rings is 1. The van der Waals surface area contributed by atoms with Gasteiger partial charge in [0.2, 0.25) is 5.91 Å². The minimum atomic E-state index is -5.08. The van der Waals surface area contributed by atoms with Crippen LogP contribution in [0.3, 0.4) is 0 Å². The molecule has 0 aromatic carbocycles. The predicted octanol–water partition coefficient (Wildman–Crippen LogP) is 1.76. The topological polar surface area (TPSA) is 79.3 Å². The number of aliphatic carboxylic acids is 1. The van der Waals surface area contributed by atoms with Crippen molar-refractivity contribution in [2.75, 3.05) is 53.6 Å².